The predicted octanol–water partition coefficient (Wildman–Crippen LogP) is 4.29. The Labute approximate surface area is 140 Å². The molecule has 0 fully saturated rings. The van der Waals surface area contributed by atoms with Crippen molar-refractivity contribution in [2.75, 3.05) is 0 Å². The molecule has 3 aromatic rings. The van der Waals surface area contributed by atoms with E-state index in [0.29, 0.717) is 23.8 Å². The van der Waals surface area contributed by atoms with E-state index < -0.39 is 0 Å². The van der Waals surface area contributed by atoms with Gasteiger partial charge in [-0.3, -0.25) is 0 Å². The van der Waals surface area contributed by atoms with Gasteiger partial charge in [0.25, 0.3) is 0 Å². The summed E-state index contributed by atoms with van der Waals surface area (Å²) in [7, 11) is 0. The van der Waals surface area contributed by atoms with Crippen molar-refractivity contribution >= 4 is 0 Å². The average molecular weight is 325 g/mol. The lowest BCUT2D eigenvalue weighted by molar-refractivity contribution is 0.359. The molecule has 0 saturated carbocycles. The molecule has 0 spiro atoms. The summed E-state index contributed by atoms with van der Waals surface area (Å²) in [5.74, 6) is 0.820. The van der Waals surface area contributed by atoms with Gasteiger partial charge in [-0.1, -0.05) is 54.5 Å². The molecular formula is C19H20FN3O. The van der Waals surface area contributed by atoms with Crippen LogP contribution in [0.15, 0.2) is 53.1 Å². The molecule has 4 nitrogen and oxygen atoms in total. The van der Waals surface area contributed by atoms with Gasteiger partial charge >= 0.3 is 0 Å². The van der Waals surface area contributed by atoms with Gasteiger partial charge in [0, 0.05) is 17.2 Å². The van der Waals surface area contributed by atoms with Crippen molar-refractivity contribution in [2.45, 2.75) is 32.9 Å². The lowest BCUT2D eigenvalue weighted by Crippen LogP contribution is -2.19. The van der Waals surface area contributed by atoms with Crippen LogP contribution in [0.3, 0.4) is 0 Å². The van der Waals surface area contributed by atoms with Crippen molar-refractivity contribution in [3.63, 3.8) is 0 Å². The van der Waals surface area contributed by atoms with E-state index in [4.69, 9.17) is 4.52 Å². The lowest BCUT2D eigenvalue weighted by atomic mass is 10.1. The standard InChI is InChI=1S/C19H20FN3O/c1-3-14-8-10-15(11-9-14)19-22-18(24-23-19)12-21-13(2)16-6-4-5-7-17(16)20/h4-11,13,21H,3,12H2,1-2H3. The third-order valence-corrected chi connectivity index (χ3v) is 4.02. The van der Waals surface area contributed by atoms with Crippen molar-refractivity contribution < 1.29 is 8.91 Å². The van der Waals surface area contributed by atoms with Crippen molar-refractivity contribution in [3.8, 4) is 11.4 Å². The van der Waals surface area contributed by atoms with E-state index in [-0.39, 0.29) is 11.9 Å². The second-order valence-electron chi connectivity index (χ2n) is 5.69. The second kappa shape index (κ2) is 7.36. The highest BCUT2D eigenvalue weighted by atomic mass is 19.1. The normalized spacial score (nSPS) is 12.3. The molecule has 1 unspecified atom stereocenters. The fraction of sp³-hybridized carbons (Fsp3) is 0.263. The first kappa shape index (κ1) is 16.3. The molecule has 0 radical (unpaired) electrons. The van der Waals surface area contributed by atoms with Crippen LogP contribution in [0.2, 0.25) is 0 Å². The van der Waals surface area contributed by atoms with Crippen LogP contribution in [-0.2, 0) is 13.0 Å². The minimum Gasteiger partial charge on any atom is -0.338 e. The number of aromatic nitrogens is 2. The van der Waals surface area contributed by atoms with Gasteiger partial charge in [-0.25, -0.2) is 4.39 Å². The van der Waals surface area contributed by atoms with Crippen molar-refractivity contribution in [1.29, 1.82) is 0 Å². The minimum absolute atomic E-state index is 0.148. The zero-order valence-electron chi connectivity index (χ0n) is 13.8. The highest BCUT2D eigenvalue weighted by Crippen LogP contribution is 2.19. The molecule has 3 rings (SSSR count). The van der Waals surface area contributed by atoms with Gasteiger partial charge in [0.15, 0.2) is 0 Å². The molecule has 0 saturated heterocycles. The van der Waals surface area contributed by atoms with E-state index in [2.05, 4.69) is 34.5 Å². The van der Waals surface area contributed by atoms with Gasteiger partial charge in [0.05, 0.1) is 6.54 Å². The van der Waals surface area contributed by atoms with Crippen LogP contribution < -0.4 is 5.32 Å². The zero-order chi connectivity index (χ0) is 16.9. The molecule has 0 amide bonds. The summed E-state index contributed by atoms with van der Waals surface area (Å²) in [6.45, 7) is 4.40. The topological polar surface area (TPSA) is 51.0 Å². The molecule has 1 heterocycles. The number of nitrogens with one attached hydrogen (secondary N) is 1. The maximum atomic E-state index is 13.8. The van der Waals surface area contributed by atoms with Crippen LogP contribution in [0, 0.1) is 5.82 Å². The first-order valence-corrected chi connectivity index (χ1v) is 8.07. The molecule has 5 heteroatoms. The van der Waals surface area contributed by atoms with E-state index in [9.17, 15) is 4.39 Å². The van der Waals surface area contributed by atoms with Crippen molar-refractivity contribution in [2.24, 2.45) is 0 Å². The maximum Gasteiger partial charge on any atom is 0.240 e. The zero-order valence-corrected chi connectivity index (χ0v) is 13.8. The fourth-order valence-electron chi connectivity index (χ4n) is 2.51. The summed E-state index contributed by atoms with van der Waals surface area (Å²) >= 11 is 0. The van der Waals surface area contributed by atoms with Crippen LogP contribution in [0.1, 0.15) is 36.9 Å². The molecule has 0 aliphatic carbocycles. The van der Waals surface area contributed by atoms with Crippen LogP contribution in [-0.4, -0.2) is 10.1 Å². The average Bonchev–Trinajstić information content (AvgIpc) is 3.09. The van der Waals surface area contributed by atoms with E-state index in [1.54, 1.807) is 12.1 Å². The number of benzene rings is 2. The molecule has 1 atom stereocenters. The number of halogens is 1. The molecule has 0 bridgehead atoms. The number of hydrogen-bond acceptors (Lipinski definition) is 4. The summed E-state index contributed by atoms with van der Waals surface area (Å²) < 4.78 is 19.0. The van der Waals surface area contributed by atoms with Gasteiger partial charge in [-0.05, 0) is 25.0 Å². The SMILES string of the molecule is CCc1ccc(-c2noc(CNC(C)c3ccccc3F)n2)cc1. The van der Waals surface area contributed by atoms with Gasteiger partial charge in [0.2, 0.25) is 11.7 Å². The molecule has 0 aliphatic heterocycles. The Bertz CT molecular complexity index is 798. The quantitative estimate of drug-likeness (QED) is 0.734. The Kier molecular flexibility index (Phi) is 5.01. The van der Waals surface area contributed by atoms with E-state index in [0.717, 1.165) is 12.0 Å². The third kappa shape index (κ3) is 3.68. The van der Waals surface area contributed by atoms with Gasteiger partial charge in [-0.2, -0.15) is 4.98 Å². The van der Waals surface area contributed by atoms with Crippen LogP contribution >= 0.6 is 0 Å². The molecule has 124 valence electrons. The Balaban J connectivity index is 1.64. The predicted molar refractivity (Wildman–Crippen MR) is 90.8 cm³/mol. The molecule has 2 aromatic carbocycles. The smallest absolute Gasteiger partial charge is 0.240 e. The molecule has 0 aliphatic rings. The third-order valence-electron chi connectivity index (χ3n) is 4.02. The number of rotatable bonds is 6. The first-order chi connectivity index (χ1) is 11.7. The van der Waals surface area contributed by atoms with Crippen LogP contribution in [0.5, 0.6) is 0 Å². The van der Waals surface area contributed by atoms with Crippen molar-refractivity contribution in [1.82, 2.24) is 15.5 Å². The second-order valence-corrected chi connectivity index (χ2v) is 5.69. The van der Waals surface area contributed by atoms with E-state index in [1.165, 1.54) is 11.6 Å². The maximum absolute atomic E-state index is 13.8. The Morgan fingerprint density at radius 1 is 1.12 bits per heavy atom. The summed E-state index contributed by atoms with van der Waals surface area (Å²) in [6, 6.07) is 14.7. The summed E-state index contributed by atoms with van der Waals surface area (Å²) in [4.78, 5) is 4.39. The number of aryl methyl sites for hydroxylation is 1. The van der Waals surface area contributed by atoms with Crippen molar-refractivity contribution in [3.05, 3.63) is 71.4 Å². The molecule has 24 heavy (non-hydrogen) atoms. The highest BCUT2D eigenvalue weighted by Gasteiger charge is 2.13. The largest absolute Gasteiger partial charge is 0.338 e. The van der Waals surface area contributed by atoms with Gasteiger partial charge < -0.3 is 9.84 Å². The summed E-state index contributed by atoms with van der Waals surface area (Å²) in [6.07, 6.45) is 0.996. The fourth-order valence-corrected chi connectivity index (χ4v) is 2.51. The monoisotopic (exact) mass is 325 g/mol. The lowest BCUT2D eigenvalue weighted by Gasteiger charge is -2.13. The van der Waals surface area contributed by atoms with Gasteiger partial charge in [-0.15, -0.1) is 0 Å². The highest BCUT2D eigenvalue weighted by molar-refractivity contribution is 5.54. The Morgan fingerprint density at radius 2 is 1.88 bits per heavy atom. The summed E-state index contributed by atoms with van der Waals surface area (Å²) in [5, 5.41) is 7.21. The molecule has 1 N–H and O–H groups in total. The van der Waals surface area contributed by atoms with E-state index in [1.807, 2.05) is 25.1 Å². The van der Waals surface area contributed by atoms with E-state index >= 15 is 0 Å². The Hall–Kier alpha value is -2.53. The number of hydrogen-bond donors (Lipinski definition) is 1. The summed E-state index contributed by atoms with van der Waals surface area (Å²) in [5.41, 5.74) is 2.81. The van der Waals surface area contributed by atoms with Crippen LogP contribution in [0.25, 0.3) is 11.4 Å². The number of nitrogens with zero attached hydrogens (tertiary/aromatic N) is 2. The Morgan fingerprint density at radius 3 is 2.58 bits per heavy atom. The first-order valence-electron chi connectivity index (χ1n) is 8.07. The minimum atomic E-state index is -0.222. The molecular weight excluding hydrogens is 305 g/mol. The molecule has 1 aromatic heterocycles. The van der Waals surface area contributed by atoms with Crippen LogP contribution in [0.4, 0.5) is 4.39 Å². The van der Waals surface area contributed by atoms with Gasteiger partial charge in [0.1, 0.15) is 5.82 Å².